The van der Waals surface area contributed by atoms with E-state index in [0.29, 0.717) is 12.0 Å². The lowest BCUT2D eigenvalue weighted by Gasteiger charge is -2.30. The van der Waals surface area contributed by atoms with Crippen molar-refractivity contribution in [3.63, 3.8) is 0 Å². The third-order valence-corrected chi connectivity index (χ3v) is 5.25. The number of benzene rings is 1. The molecule has 25 heavy (non-hydrogen) atoms. The normalized spacial score (nSPS) is 15.2. The van der Waals surface area contributed by atoms with E-state index in [0.717, 1.165) is 47.9 Å². The Bertz CT molecular complexity index is 744. The number of hydrogen-bond donors (Lipinski definition) is 1. The van der Waals surface area contributed by atoms with Gasteiger partial charge < -0.3 is 10.2 Å². The standard InChI is InChI=1S/C20H27BrN4/c1-5-14(4)22-18-11-19(24-20(23-18)13(2)3)25-9-8-15-10-17(21)7-6-16(15)12-25/h6-7,10-11,13-14H,5,8-9,12H2,1-4H3,(H,22,23,24)/t14-/m1/s1. The summed E-state index contributed by atoms with van der Waals surface area (Å²) >= 11 is 3.57. The van der Waals surface area contributed by atoms with Gasteiger partial charge in [0, 0.05) is 35.6 Å². The van der Waals surface area contributed by atoms with Gasteiger partial charge in [0.25, 0.3) is 0 Å². The quantitative estimate of drug-likeness (QED) is 0.751. The Morgan fingerprint density at radius 3 is 2.68 bits per heavy atom. The molecule has 0 aliphatic carbocycles. The molecule has 3 rings (SSSR count). The van der Waals surface area contributed by atoms with Gasteiger partial charge in [0.15, 0.2) is 0 Å². The Hall–Kier alpha value is -1.62. The van der Waals surface area contributed by atoms with Crippen LogP contribution >= 0.6 is 15.9 Å². The monoisotopic (exact) mass is 402 g/mol. The van der Waals surface area contributed by atoms with Crippen LogP contribution in [0.5, 0.6) is 0 Å². The zero-order valence-corrected chi connectivity index (χ0v) is 17.1. The number of rotatable bonds is 5. The molecular weight excluding hydrogens is 376 g/mol. The molecule has 4 nitrogen and oxygen atoms in total. The first-order valence-corrected chi connectivity index (χ1v) is 9.93. The van der Waals surface area contributed by atoms with Crippen LogP contribution in [0.15, 0.2) is 28.7 Å². The SMILES string of the molecule is CC[C@@H](C)Nc1cc(N2CCc3cc(Br)ccc3C2)nc(C(C)C)n1. The van der Waals surface area contributed by atoms with Gasteiger partial charge in [0.2, 0.25) is 0 Å². The van der Waals surface area contributed by atoms with E-state index >= 15 is 0 Å². The maximum Gasteiger partial charge on any atom is 0.135 e. The van der Waals surface area contributed by atoms with Crippen LogP contribution in [0, 0.1) is 0 Å². The van der Waals surface area contributed by atoms with E-state index in [1.54, 1.807) is 0 Å². The molecule has 0 saturated carbocycles. The minimum absolute atomic E-state index is 0.311. The predicted octanol–water partition coefficient (Wildman–Crippen LogP) is 5.14. The summed E-state index contributed by atoms with van der Waals surface area (Å²) < 4.78 is 1.16. The molecule has 1 atom stereocenters. The van der Waals surface area contributed by atoms with Crippen molar-refractivity contribution in [2.45, 2.75) is 59.0 Å². The van der Waals surface area contributed by atoms with Crippen molar-refractivity contribution < 1.29 is 0 Å². The van der Waals surface area contributed by atoms with E-state index in [9.17, 15) is 0 Å². The minimum Gasteiger partial charge on any atom is -0.367 e. The van der Waals surface area contributed by atoms with E-state index in [-0.39, 0.29) is 0 Å². The lowest BCUT2D eigenvalue weighted by molar-refractivity contribution is 0.698. The highest BCUT2D eigenvalue weighted by atomic mass is 79.9. The van der Waals surface area contributed by atoms with Gasteiger partial charge in [-0.15, -0.1) is 0 Å². The Morgan fingerprint density at radius 2 is 1.96 bits per heavy atom. The zero-order chi connectivity index (χ0) is 18.0. The first-order chi connectivity index (χ1) is 12.0. The average Bonchev–Trinajstić information content (AvgIpc) is 2.60. The topological polar surface area (TPSA) is 41.0 Å². The highest BCUT2D eigenvalue weighted by Gasteiger charge is 2.20. The molecular formula is C20H27BrN4. The number of nitrogens with one attached hydrogen (secondary N) is 1. The predicted molar refractivity (Wildman–Crippen MR) is 108 cm³/mol. The second kappa shape index (κ2) is 7.73. The van der Waals surface area contributed by atoms with E-state index in [2.05, 4.69) is 78.1 Å². The zero-order valence-electron chi connectivity index (χ0n) is 15.5. The molecule has 2 heterocycles. The number of aromatic nitrogens is 2. The number of halogens is 1. The lowest BCUT2D eigenvalue weighted by atomic mass is 10.00. The van der Waals surface area contributed by atoms with Crippen LogP contribution in [0.4, 0.5) is 11.6 Å². The summed E-state index contributed by atoms with van der Waals surface area (Å²) in [6.07, 6.45) is 2.12. The van der Waals surface area contributed by atoms with Crippen molar-refractivity contribution in [1.82, 2.24) is 9.97 Å². The van der Waals surface area contributed by atoms with Crippen molar-refractivity contribution in [2.24, 2.45) is 0 Å². The fourth-order valence-electron chi connectivity index (χ4n) is 3.02. The van der Waals surface area contributed by atoms with Crippen molar-refractivity contribution in [1.29, 1.82) is 0 Å². The molecule has 1 N–H and O–H groups in total. The van der Waals surface area contributed by atoms with Crippen molar-refractivity contribution in [3.05, 3.63) is 45.7 Å². The van der Waals surface area contributed by atoms with E-state index < -0.39 is 0 Å². The minimum atomic E-state index is 0.311. The van der Waals surface area contributed by atoms with Crippen molar-refractivity contribution in [2.75, 3.05) is 16.8 Å². The Morgan fingerprint density at radius 1 is 1.16 bits per heavy atom. The Balaban J connectivity index is 1.89. The van der Waals surface area contributed by atoms with Crippen LogP contribution < -0.4 is 10.2 Å². The third kappa shape index (κ3) is 4.32. The molecule has 0 amide bonds. The summed E-state index contributed by atoms with van der Waals surface area (Å²) in [5.74, 6) is 3.18. The van der Waals surface area contributed by atoms with Gasteiger partial charge in [-0.3, -0.25) is 0 Å². The van der Waals surface area contributed by atoms with Crippen LogP contribution in [0.2, 0.25) is 0 Å². The lowest BCUT2D eigenvalue weighted by Crippen LogP contribution is -2.31. The summed E-state index contributed by atoms with van der Waals surface area (Å²) in [5, 5.41) is 3.51. The van der Waals surface area contributed by atoms with E-state index in [1.165, 1.54) is 11.1 Å². The average molecular weight is 403 g/mol. The Kier molecular flexibility index (Phi) is 5.62. The second-order valence-corrected chi connectivity index (χ2v) is 8.08. The van der Waals surface area contributed by atoms with Gasteiger partial charge in [0.1, 0.15) is 17.5 Å². The molecule has 134 valence electrons. The van der Waals surface area contributed by atoms with Gasteiger partial charge in [0.05, 0.1) is 0 Å². The first-order valence-electron chi connectivity index (χ1n) is 9.14. The van der Waals surface area contributed by atoms with Crippen molar-refractivity contribution in [3.8, 4) is 0 Å². The Labute approximate surface area is 159 Å². The molecule has 1 aliphatic heterocycles. The molecule has 5 heteroatoms. The highest BCUT2D eigenvalue weighted by Crippen LogP contribution is 2.28. The van der Waals surface area contributed by atoms with Crippen LogP contribution in [0.3, 0.4) is 0 Å². The fourth-order valence-corrected chi connectivity index (χ4v) is 3.43. The van der Waals surface area contributed by atoms with Gasteiger partial charge in [-0.2, -0.15) is 0 Å². The van der Waals surface area contributed by atoms with Gasteiger partial charge >= 0.3 is 0 Å². The summed E-state index contributed by atoms with van der Waals surface area (Å²) in [7, 11) is 0. The number of anilines is 2. The van der Waals surface area contributed by atoms with Gasteiger partial charge in [-0.25, -0.2) is 9.97 Å². The van der Waals surface area contributed by atoms with Crippen LogP contribution in [0.1, 0.15) is 57.0 Å². The molecule has 0 fully saturated rings. The molecule has 2 aromatic rings. The van der Waals surface area contributed by atoms with Crippen LogP contribution in [-0.4, -0.2) is 22.6 Å². The molecule has 0 unspecified atom stereocenters. The van der Waals surface area contributed by atoms with E-state index in [1.807, 2.05) is 0 Å². The molecule has 0 radical (unpaired) electrons. The summed E-state index contributed by atoms with van der Waals surface area (Å²) in [6.45, 7) is 10.6. The van der Waals surface area contributed by atoms with Crippen molar-refractivity contribution >= 4 is 27.6 Å². The number of hydrogen-bond acceptors (Lipinski definition) is 4. The third-order valence-electron chi connectivity index (χ3n) is 4.76. The highest BCUT2D eigenvalue weighted by molar-refractivity contribution is 9.10. The fraction of sp³-hybridized carbons (Fsp3) is 0.500. The first kappa shape index (κ1) is 18.2. The summed E-state index contributed by atoms with van der Waals surface area (Å²) in [5.41, 5.74) is 2.82. The maximum absolute atomic E-state index is 4.85. The maximum atomic E-state index is 4.85. The smallest absolute Gasteiger partial charge is 0.135 e. The van der Waals surface area contributed by atoms with Crippen LogP contribution in [0.25, 0.3) is 0 Å². The molecule has 0 spiro atoms. The largest absolute Gasteiger partial charge is 0.367 e. The van der Waals surface area contributed by atoms with Gasteiger partial charge in [-0.1, -0.05) is 42.8 Å². The summed E-state index contributed by atoms with van der Waals surface area (Å²) in [6, 6.07) is 9.08. The van der Waals surface area contributed by atoms with E-state index in [4.69, 9.17) is 9.97 Å². The van der Waals surface area contributed by atoms with Crippen LogP contribution in [-0.2, 0) is 13.0 Å². The molecule has 0 saturated heterocycles. The second-order valence-electron chi connectivity index (χ2n) is 7.16. The number of nitrogens with zero attached hydrogens (tertiary/aromatic N) is 3. The van der Waals surface area contributed by atoms with Gasteiger partial charge in [-0.05, 0) is 43.0 Å². The number of fused-ring (bicyclic) bond motifs is 1. The molecule has 1 aromatic carbocycles. The molecule has 1 aliphatic rings. The molecule has 1 aromatic heterocycles. The molecule has 0 bridgehead atoms. The summed E-state index contributed by atoms with van der Waals surface area (Å²) in [4.78, 5) is 11.9.